The van der Waals surface area contributed by atoms with Gasteiger partial charge >= 0.3 is 0 Å². The first-order valence-corrected chi connectivity index (χ1v) is 9.47. The molecule has 3 rings (SSSR count). The fraction of sp³-hybridized carbons (Fsp3) is 0.263. The number of rotatable bonds is 5. The minimum absolute atomic E-state index is 0.0744. The molecule has 2 amide bonds. The van der Waals surface area contributed by atoms with Gasteiger partial charge in [-0.3, -0.25) is 9.59 Å². The molecule has 1 aliphatic heterocycles. The van der Waals surface area contributed by atoms with Gasteiger partial charge in [-0.1, -0.05) is 12.1 Å². The van der Waals surface area contributed by atoms with E-state index in [-0.39, 0.29) is 18.4 Å². The Labute approximate surface area is 166 Å². The SMILES string of the molecule is O=C(CNC(=O)c1ccccc1I)Nc1ccc(N2CCOCC2)cc1. The van der Waals surface area contributed by atoms with Gasteiger partial charge < -0.3 is 20.3 Å². The van der Waals surface area contributed by atoms with Gasteiger partial charge in [0.1, 0.15) is 0 Å². The van der Waals surface area contributed by atoms with Crippen molar-refractivity contribution in [2.75, 3.05) is 43.1 Å². The molecular formula is C19H20IN3O3. The molecule has 0 bridgehead atoms. The van der Waals surface area contributed by atoms with E-state index in [9.17, 15) is 9.59 Å². The highest BCUT2D eigenvalue weighted by Crippen LogP contribution is 2.19. The van der Waals surface area contributed by atoms with Crippen LogP contribution in [-0.2, 0) is 9.53 Å². The second-order valence-electron chi connectivity index (χ2n) is 5.86. The van der Waals surface area contributed by atoms with Crippen molar-refractivity contribution in [2.45, 2.75) is 0 Å². The Morgan fingerprint density at radius 3 is 2.42 bits per heavy atom. The molecule has 0 saturated carbocycles. The van der Waals surface area contributed by atoms with E-state index in [1.54, 1.807) is 12.1 Å². The zero-order chi connectivity index (χ0) is 18.4. The Balaban J connectivity index is 1.50. The predicted octanol–water partition coefficient (Wildman–Crippen LogP) is 2.50. The van der Waals surface area contributed by atoms with E-state index < -0.39 is 0 Å². The highest BCUT2D eigenvalue weighted by molar-refractivity contribution is 14.1. The maximum Gasteiger partial charge on any atom is 0.252 e. The molecule has 1 aliphatic rings. The number of nitrogens with zero attached hydrogens (tertiary/aromatic N) is 1. The Morgan fingerprint density at radius 2 is 1.73 bits per heavy atom. The number of carbonyl (C=O) groups is 2. The number of hydrogen-bond donors (Lipinski definition) is 2. The van der Waals surface area contributed by atoms with Crippen molar-refractivity contribution in [3.8, 4) is 0 Å². The van der Waals surface area contributed by atoms with E-state index in [2.05, 4.69) is 38.1 Å². The van der Waals surface area contributed by atoms with Gasteiger partial charge in [-0.2, -0.15) is 0 Å². The number of nitrogens with one attached hydrogen (secondary N) is 2. The number of halogens is 1. The zero-order valence-corrected chi connectivity index (χ0v) is 16.4. The van der Waals surface area contributed by atoms with Crippen molar-refractivity contribution >= 4 is 45.8 Å². The molecule has 0 aliphatic carbocycles. The van der Waals surface area contributed by atoms with E-state index >= 15 is 0 Å². The summed E-state index contributed by atoms with van der Waals surface area (Å²) in [6.45, 7) is 3.14. The second kappa shape index (κ2) is 9.00. The van der Waals surface area contributed by atoms with Gasteiger partial charge in [0.2, 0.25) is 5.91 Å². The van der Waals surface area contributed by atoms with E-state index in [1.165, 1.54) is 0 Å². The van der Waals surface area contributed by atoms with E-state index in [4.69, 9.17) is 4.74 Å². The molecule has 2 aromatic carbocycles. The molecule has 1 heterocycles. The number of morpholine rings is 1. The van der Waals surface area contributed by atoms with Crippen molar-refractivity contribution in [1.29, 1.82) is 0 Å². The molecule has 2 aromatic rings. The molecule has 0 unspecified atom stereocenters. The number of amides is 2. The fourth-order valence-electron chi connectivity index (χ4n) is 2.68. The first-order valence-electron chi connectivity index (χ1n) is 8.39. The van der Waals surface area contributed by atoms with Crippen LogP contribution in [0.5, 0.6) is 0 Å². The molecule has 26 heavy (non-hydrogen) atoms. The molecule has 0 aromatic heterocycles. The number of anilines is 2. The van der Waals surface area contributed by atoms with Crippen molar-refractivity contribution in [3.05, 3.63) is 57.7 Å². The first-order chi connectivity index (χ1) is 12.6. The third kappa shape index (κ3) is 4.95. The summed E-state index contributed by atoms with van der Waals surface area (Å²) in [5.74, 6) is -0.517. The van der Waals surface area contributed by atoms with Crippen LogP contribution < -0.4 is 15.5 Å². The summed E-state index contributed by atoms with van der Waals surface area (Å²) >= 11 is 2.10. The van der Waals surface area contributed by atoms with Gasteiger partial charge in [-0.05, 0) is 59.0 Å². The summed E-state index contributed by atoms with van der Waals surface area (Å²) in [7, 11) is 0. The summed E-state index contributed by atoms with van der Waals surface area (Å²) in [4.78, 5) is 26.4. The minimum Gasteiger partial charge on any atom is -0.378 e. The normalized spacial score (nSPS) is 14.0. The second-order valence-corrected chi connectivity index (χ2v) is 7.02. The third-order valence-corrected chi connectivity index (χ3v) is 5.00. The van der Waals surface area contributed by atoms with Gasteiger partial charge in [0, 0.05) is 28.0 Å². The molecule has 0 atom stereocenters. The maximum atomic E-state index is 12.1. The Bertz CT molecular complexity index is 774. The van der Waals surface area contributed by atoms with Gasteiger partial charge in [0.05, 0.1) is 25.3 Å². The molecule has 0 radical (unpaired) electrons. The quantitative estimate of drug-likeness (QED) is 0.666. The fourth-order valence-corrected chi connectivity index (χ4v) is 3.32. The number of carbonyl (C=O) groups excluding carboxylic acids is 2. The summed E-state index contributed by atoms with van der Waals surface area (Å²) in [6, 6.07) is 14.9. The minimum atomic E-state index is -0.261. The number of benzene rings is 2. The van der Waals surface area contributed by atoms with Crippen LogP contribution in [0.15, 0.2) is 48.5 Å². The lowest BCUT2D eigenvalue weighted by Crippen LogP contribution is -2.36. The Kier molecular flexibility index (Phi) is 6.45. The van der Waals surface area contributed by atoms with Crippen LogP contribution >= 0.6 is 22.6 Å². The van der Waals surface area contributed by atoms with E-state index in [0.717, 1.165) is 35.6 Å². The van der Waals surface area contributed by atoms with E-state index in [1.807, 2.05) is 36.4 Å². The third-order valence-electron chi connectivity index (χ3n) is 4.06. The molecule has 7 heteroatoms. The van der Waals surface area contributed by atoms with Gasteiger partial charge in [0.15, 0.2) is 0 Å². The summed E-state index contributed by atoms with van der Waals surface area (Å²) in [5, 5.41) is 5.44. The van der Waals surface area contributed by atoms with Crippen LogP contribution in [0.2, 0.25) is 0 Å². The molecule has 0 spiro atoms. The predicted molar refractivity (Wildman–Crippen MR) is 110 cm³/mol. The topological polar surface area (TPSA) is 70.7 Å². The van der Waals surface area contributed by atoms with Crippen molar-refractivity contribution in [2.24, 2.45) is 0 Å². The lowest BCUT2D eigenvalue weighted by molar-refractivity contribution is -0.115. The molecule has 136 valence electrons. The maximum absolute atomic E-state index is 12.1. The highest BCUT2D eigenvalue weighted by atomic mass is 127. The van der Waals surface area contributed by atoms with E-state index in [0.29, 0.717) is 11.3 Å². The van der Waals surface area contributed by atoms with Crippen molar-refractivity contribution < 1.29 is 14.3 Å². The molecule has 1 fully saturated rings. The van der Waals surface area contributed by atoms with Crippen molar-refractivity contribution in [1.82, 2.24) is 5.32 Å². The molecule has 2 N–H and O–H groups in total. The van der Waals surface area contributed by atoms with Crippen LogP contribution in [0.3, 0.4) is 0 Å². The first kappa shape index (κ1) is 18.7. The van der Waals surface area contributed by atoms with Crippen LogP contribution in [0, 0.1) is 3.57 Å². The smallest absolute Gasteiger partial charge is 0.252 e. The van der Waals surface area contributed by atoms with Gasteiger partial charge in [-0.15, -0.1) is 0 Å². The largest absolute Gasteiger partial charge is 0.378 e. The lowest BCUT2D eigenvalue weighted by atomic mass is 10.2. The van der Waals surface area contributed by atoms with Crippen LogP contribution in [0.1, 0.15) is 10.4 Å². The number of ether oxygens (including phenoxy) is 1. The summed E-state index contributed by atoms with van der Waals surface area (Å²) < 4.78 is 6.20. The average Bonchev–Trinajstić information content (AvgIpc) is 2.68. The number of hydrogen-bond acceptors (Lipinski definition) is 4. The lowest BCUT2D eigenvalue weighted by Gasteiger charge is -2.28. The Hall–Kier alpha value is -2.13. The summed E-state index contributed by atoms with van der Waals surface area (Å²) in [6.07, 6.45) is 0. The Morgan fingerprint density at radius 1 is 1.04 bits per heavy atom. The average molecular weight is 465 g/mol. The summed E-state index contributed by atoms with van der Waals surface area (Å²) in [5.41, 5.74) is 2.38. The highest BCUT2D eigenvalue weighted by Gasteiger charge is 2.12. The van der Waals surface area contributed by atoms with Crippen molar-refractivity contribution in [3.63, 3.8) is 0 Å². The van der Waals surface area contributed by atoms with Crippen LogP contribution in [0.4, 0.5) is 11.4 Å². The molecule has 1 saturated heterocycles. The van der Waals surface area contributed by atoms with Gasteiger partial charge in [-0.25, -0.2) is 0 Å². The van der Waals surface area contributed by atoms with Crippen LogP contribution in [0.25, 0.3) is 0 Å². The molecular weight excluding hydrogens is 445 g/mol. The van der Waals surface area contributed by atoms with Gasteiger partial charge in [0.25, 0.3) is 5.91 Å². The van der Waals surface area contributed by atoms with Crippen LogP contribution in [-0.4, -0.2) is 44.7 Å². The monoisotopic (exact) mass is 465 g/mol. The standard InChI is InChI=1S/C19H20IN3O3/c20-17-4-2-1-3-16(17)19(25)21-13-18(24)22-14-5-7-15(8-6-14)23-9-11-26-12-10-23/h1-8H,9-13H2,(H,21,25)(H,22,24). The molecule has 6 nitrogen and oxygen atoms in total. The zero-order valence-electron chi connectivity index (χ0n) is 14.2.